The number of nitrogens with zero attached hydrogens (tertiary/aromatic N) is 1. The van der Waals surface area contributed by atoms with E-state index in [2.05, 4.69) is 22.6 Å². The fourth-order valence-corrected chi connectivity index (χ4v) is 1.92. The molecule has 0 radical (unpaired) electrons. The number of benzene rings is 2. The smallest absolute Gasteiger partial charge is 0.352 e. The third-order valence-electron chi connectivity index (χ3n) is 2.41. The van der Waals surface area contributed by atoms with E-state index in [9.17, 15) is 10.1 Å². The van der Waals surface area contributed by atoms with Gasteiger partial charge in [0.15, 0.2) is 0 Å². The average Bonchev–Trinajstić information content (AvgIpc) is 2.40. The van der Waals surface area contributed by atoms with Crippen molar-refractivity contribution in [1.82, 2.24) is 0 Å². The first-order valence-corrected chi connectivity index (χ1v) is 6.44. The van der Waals surface area contributed by atoms with Crippen molar-refractivity contribution in [3.8, 4) is 17.2 Å². The monoisotopic (exact) mass is 371 g/mol. The molecule has 2 aromatic rings. The van der Waals surface area contributed by atoms with E-state index in [1.807, 2.05) is 12.1 Å². The summed E-state index contributed by atoms with van der Waals surface area (Å²) >= 11 is 2.17. The van der Waals surface area contributed by atoms with Crippen LogP contribution in [0.3, 0.4) is 0 Å². The van der Waals surface area contributed by atoms with E-state index in [4.69, 9.17) is 9.47 Å². The quantitative estimate of drug-likeness (QED) is 0.463. The highest BCUT2D eigenvalue weighted by molar-refractivity contribution is 14.1. The highest BCUT2D eigenvalue weighted by Gasteiger charge is 2.22. The van der Waals surface area contributed by atoms with Gasteiger partial charge in [0.2, 0.25) is 11.5 Å². The predicted molar refractivity (Wildman–Crippen MR) is 78.9 cm³/mol. The minimum atomic E-state index is -0.513. The Labute approximate surface area is 123 Å². The number of rotatable bonds is 4. The SMILES string of the molecule is COc1cccc(Oc2ccc(I)cc2)c1[N+](=O)[O-]. The van der Waals surface area contributed by atoms with E-state index in [1.54, 1.807) is 24.3 Å². The van der Waals surface area contributed by atoms with Crippen LogP contribution in [0.5, 0.6) is 17.2 Å². The van der Waals surface area contributed by atoms with Crippen molar-refractivity contribution in [3.05, 3.63) is 56.1 Å². The molecule has 6 heteroatoms. The van der Waals surface area contributed by atoms with Crippen LogP contribution in [-0.2, 0) is 0 Å². The number of halogens is 1. The van der Waals surface area contributed by atoms with Crippen molar-refractivity contribution < 1.29 is 14.4 Å². The van der Waals surface area contributed by atoms with Crippen LogP contribution < -0.4 is 9.47 Å². The Kier molecular flexibility index (Phi) is 4.20. The fraction of sp³-hybridized carbons (Fsp3) is 0.0769. The molecule has 0 fully saturated rings. The van der Waals surface area contributed by atoms with Crippen LogP contribution >= 0.6 is 22.6 Å². The number of methoxy groups -OCH3 is 1. The number of nitro benzene ring substituents is 1. The summed E-state index contributed by atoms with van der Waals surface area (Å²) in [5, 5.41) is 11.1. The van der Waals surface area contributed by atoms with E-state index in [0.29, 0.717) is 5.75 Å². The molecule has 2 rings (SSSR count). The molecule has 0 aromatic heterocycles. The van der Waals surface area contributed by atoms with Gasteiger partial charge in [-0.05, 0) is 59.0 Å². The number of hydrogen-bond donors (Lipinski definition) is 0. The van der Waals surface area contributed by atoms with Crippen LogP contribution in [0, 0.1) is 13.7 Å². The molecule has 0 heterocycles. The summed E-state index contributed by atoms with van der Waals surface area (Å²) in [4.78, 5) is 10.6. The number of hydrogen-bond acceptors (Lipinski definition) is 4. The van der Waals surface area contributed by atoms with Gasteiger partial charge in [-0.1, -0.05) is 6.07 Å². The summed E-state index contributed by atoms with van der Waals surface area (Å²) in [5.41, 5.74) is -0.177. The maximum atomic E-state index is 11.1. The van der Waals surface area contributed by atoms with E-state index in [-0.39, 0.29) is 17.2 Å². The van der Waals surface area contributed by atoms with Gasteiger partial charge in [0, 0.05) is 3.57 Å². The molecule has 19 heavy (non-hydrogen) atoms. The minimum absolute atomic E-state index is 0.158. The second-order valence-electron chi connectivity index (χ2n) is 3.62. The fourth-order valence-electron chi connectivity index (χ4n) is 1.56. The largest absolute Gasteiger partial charge is 0.490 e. The Morgan fingerprint density at radius 3 is 2.32 bits per heavy atom. The van der Waals surface area contributed by atoms with E-state index < -0.39 is 4.92 Å². The lowest BCUT2D eigenvalue weighted by Gasteiger charge is -2.08. The van der Waals surface area contributed by atoms with Crippen molar-refractivity contribution >= 4 is 28.3 Å². The Bertz CT molecular complexity index is 598. The van der Waals surface area contributed by atoms with Crippen LogP contribution in [-0.4, -0.2) is 12.0 Å². The summed E-state index contributed by atoms with van der Waals surface area (Å²) in [6.45, 7) is 0. The molecule has 0 unspecified atom stereocenters. The van der Waals surface area contributed by atoms with Crippen LogP contribution in [0.2, 0.25) is 0 Å². The van der Waals surface area contributed by atoms with Crippen molar-refractivity contribution in [2.24, 2.45) is 0 Å². The number of para-hydroxylation sites is 1. The van der Waals surface area contributed by atoms with Crippen LogP contribution in [0.25, 0.3) is 0 Å². The zero-order chi connectivity index (χ0) is 13.8. The van der Waals surface area contributed by atoms with Crippen molar-refractivity contribution in [2.75, 3.05) is 7.11 Å². The maximum Gasteiger partial charge on any atom is 0.352 e. The molecule has 0 aliphatic rings. The molecule has 0 N–H and O–H groups in total. The molecule has 98 valence electrons. The third kappa shape index (κ3) is 3.14. The van der Waals surface area contributed by atoms with Crippen LogP contribution in [0.4, 0.5) is 5.69 Å². The minimum Gasteiger partial charge on any atom is -0.490 e. The van der Waals surface area contributed by atoms with Gasteiger partial charge in [0.05, 0.1) is 12.0 Å². The molecule has 0 amide bonds. The molecule has 0 atom stereocenters. The lowest BCUT2D eigenvalue weighted by atomic mass is 10.2. The predicted octanol–water partition coefficient (Wildman–Crippen LogP) is 4.00. The van der Waals surface area contributed by atoms with Crippen molar-refractivity contribution in [2.45, 2.75) is 0 Å². The molecule has 0 bridgehead atoms. The topological polar surface area (TPSA) is 61.6 Å². The Morgan fingerprint density at radius 1 is 1.11 bits per heavy atom. The summed E-state index contributed by atoms with van der Waals surface area (Å²) in [6.07, 6.45) is 0. The van der Waals surface area contributed by atoms with Gasteiger partial charge in [-0.3, -0.25) is 10.1 Å². The van der Waals surface area contributed by atoms with Gasteiger partial charge in [-0.2, -0.15) is 0 Å². The van der Waals surface area contributed by atoms with E-state index in [0.717, 1.165) is 3.57 Å². The van der Waals surface area contributed by atoms with Crippen LogP contribution in [0.15, 0.2) is 42.5 Å². The first kappa shape index (κ1) is 13.6. The molecule has 0 aliphatic carbocycles. The molecule has 0 aliphatic heterocycles. The normalized spacial score (nSPS) is 10.0. The highest BCUT2D eigenvalue weighted by atomic mass is 127. The van der Waals surface area contributed by atoms with Crippen molar-refractivity contribution in [3.63, 3.8) is 0 Å². The van der Waals surface area contributed by atoms with Crippen molar-refractivity contribution in [1.29, 1.82) is 0 Å². The molecule has 5 nitrogen and oxygen atoms in total. The number of nitro groups is 1. The Hall–Kier alpha value is -1.83. The lowest BCUT2D eigenvalue weighted by Crippen LogP contribution is -1.97. The second kappa shape index (κ2) is 5.87. The molecule has 0 saturated heterocycles. The zero-order valence-corrected chi connectivity index (χ0v) is 12.2. The summed E-state index contributed by atoms with van der Waals surface area (Å²) in [7, 11) is 1.39. The Morgan fingerprint density at radius 2 is 1.74 bits per heavy atom. The zero-order valence-electron chi connectivity index (χ0n) is 10.00. The number of ether oxygens (including phenoxy) is 2. The molecular weight excluding hydrogens is 361 g/mol. The van der Waals surface area contributed by atoms with E-state index in [1.165, 1.54) is 13.2 Å². The molecule has 0 saturated carbocycles. The van der Waals surface area contributed by atoms with Gasteiger partial charge < -0.3 is 9.47 Å². The summed E-state index contributed by atoms with van der Waals surface area (Å²) < 4.78 is 11.6. The van der Waals surface area contributed by atoms with Gasteiger partial charge in [-0.15, -0.1) is 0 Å². The van der Waals surface area contributed by atoms with Gasteiger partial charge >= 0.3 is 5.69 Å². The van der Waals surface area contributed by atoms with Gasteiger partial charge in [0.25, 0.3) is 0 Å². The highest BCUT2D eigenvalue weighted by Crippen LogP contribution is 2.38. The molecule has 0 spiro atoms. The standard InChI is InChI=1S/C13H10INO4/c1-18-11-3-2-4-12(13(11)15(16)17)19-10-7-5-9(14)6-8-10/h2-8H,1H3. The maximum absolute atomic E-state index is 11.1. The lowest BCUT2D eigenvalue weighted by molar-refractivity contribution is -0.386. The molecule has 2 aromatic carbocycles. The van der Waals surface area contributed by atoms with Gasteiger partial charge in [0.1, 0.15) is 5.75 Å². The first-order chi connectivity index (χ1) is 9.11. The first-order valence-electron chi connectivity index (χ1n) is 5.36. The van der Waals surface area contributed by atoms with E-state index >= 15 is 0 Å². The Balaban J connectivity index is 2.39. The second-order valence-corrected chi connectivity index (χ2v) is 4.87. The summed E-state index contributed by atoms with van der Waals surface area (Å²) in [5.74, 6) is 0.871. The average molecular weight is 371 g/mol. The third-order valence-corrected chi connectivity index (χ3v) is 3.13. The van der Waals surface area contributed by atoms with Gasteiger partial charge in [-0.25, -0.2) is 0 Å². The van der Waals surface area contributed by atoms with Crippen LogP contribution in [0.1, 0.15) is 0 Å². The molecular formula is C13H10INO4. The summed E-state index contributed by atoms with van der Waals surface area (Å²) in [6, 6.07) is 11.9.